The number of rotatable bonds is 8. The highest BCUT2D eigenvalue weighted by atomic mass is 32.2. The molecule has 1 saturated heterocycles. The van der Waals surface area contributed by atoms with E-state index in [2.05, 4.69) is 10.3 Å². The Kier molecular flexibility index (Phi) is 7.59. The lowest BCUT2D eigenvalue weighted by Gasteiger charge is -2.25. The quantitative estimate of drug-likeness (QED) is 0.489. The van der Waals surface area contributed by atoms with Gasteiger partial charge in [0.05, 0.1) is 30.0 Å². The predicted octanol–water partition coefficient (Wildman–Crippen LogP) is 3.16. The average Bonchev–Trinajstić information content (AvgIpc) is 3.37. The Morgan fingerprint density at radius 3 is 2.56 bits per heavy atom. The first-order chi connectivity index (χ1) is 15.5. The minimum atomic E-state index is -3.58. The van der Waals surface area contributed by atoms with Crippen LogP contribution in [0.1, 0.15) is 16.5 Å². The number of sulfonamides is 1. The lowest BCUT2D eigenvalue weighted by molar-refractivity contribution is -0.119. The SMILES string of the molecule is O=C(CSc1ccc(S(=O)(=O)N2CCOCC2)cn1)N[C@H](c1ccccc1)c1cccs1. The number of pyridine rings is 1. The van der Waals surface area contributed by atoms with Crippen LogP contribution in [0.15, 0.2) is 76.1 Å². The zero-order valence-electron chi connectivity index (χ0n) is 17.2. The van der Waals surface area contributed by atoms with Crippen molar-refractivity contribution in [2.75, 3.05) is 32.1 Å². The second kappa shape index (κ2) is 10.6. The van der Waals surface area contributed by atoms with Crippen LogP contribution in [0.3, 0.4) is 0 Å². The monoisotopic (exact) mass is 489 g/mol. The van der Waals surface area contributed by atoms with Crippen molar-refractivity contribution in [3.63, 3.8) is 0 Å². The molecule has 10 heteroatoms. The lowest BCUT2D eigenvalue weighted by Crippen LogP contribution is -2.40. The van der Waals surface area contributed by atoms with Crippen molar-refractivity contribution < 1.29 is 17.9 Å². The number of thiophene rings is 1. The molecule has 1 aliphatic rings. The highest BCUT2D eigenvalue weighted by molar-refractivity contribution is 7.99. The second-order valence-electron chi connectivity index (χ2n) is 7.06. The number of carbonyl (C=O) groups is 1. The van der Waals surface area contributed by atoms with Gasteiger partial charge in [-0.2, -0.15) is 4.31 Å². The number of ether oxygens (including phenoxy) is 1. The standard InChI is InChI=1S/C22H23N3O4S3/c26-20(24-22(19-7-4-14-30-19)17-5-2-1-3-6-17)16-31-21-9-8-18(15-23-21)32(27,28)25-10-12-29-13-11-25/h1-9,14-15,22H,10-13,16H2,(H,24,26)/t22-/m1/s1. The summed E-state index contributed by atoms with van der Waals surface area (Å²) >= 11 is 2.86. The highest BCUT2D eigenvalue weighted by Crippen LogP contribution is 2.26. The van der Waals surface area contributed by atoms with E-state index in [9.17, 15) is 13.2 Å². The summed E-state index contributed by atoms with van der Waals surface area (Å²) in [6.45, 7) is 1.47. The van der Waals surface area contributed by atoms with E-state index in [1.807, 2.05) is 47.8 Å². The van der Waals surface area contributed by atoms with Crippen LogP contribution < -0.4 is 5.32 Å². The molecule has 1 aromatic carbocycles. The maximum atomic E-state index is 12.7. The third-order valence-corrected chi connectivity index (χ3v) is 8.70. The normalized spacial score (nSPS) is 15.9. The number of benzene rings is 1. The fourth-order valence-electron chi connectivity index (χ4n) is 3.30. The van der Waals surface area contributed by atoms with Gasteiger partial charge in [0.1, 0.15) is 4.90 Å². The molecule has 2 aromatic heterocycles. The van der Waals surface area contributed by atoms with E-state index in [4.69, 9.17) is 4.74 Å². The van der Waals surface area contributed by atoms with Crippen LogP contribution in [0, 0.1) is 0 Å². The van der Waals surface area contributed by atoms with E-state index >= 15 is 0 Å². The largest absolute Gasteiger partial charge is 0.379 e. The Morgan fingerprint density at radius 1 is 1.12 bits per heavy atom. The van der Waals surface area contributed by atoms with Crippen molar-refractivity contribution in [3.05, 3.63) is 76.6 Å². The van der Waals surface area contributed by atoms with Gasteiger partial charge in [-0.15, -0.1) is 11.3 Å². The number of nitrogens with one attached hydrogen (secondary N) is 1. The fourth-order valence-corrected chi connectivity index (χ4v) is 6.11. The fraction of sp³-hybridized carbons (Fsp3) is 0.273. The zero-order chi connectivity index (χ0) is 22.4. The number of hydrogen-bond donors (Lipinski definition) is 1. The van der Waals surface area contributed by atoms with Gasteiger partial charge in [-0.05, 0) is 29.1 Å². The highest BCUT2D eigenvalue weighted by Gasteiger charge is 2.26. The molecule has 0 saturated carbocycles. The smallest absolute Gasteiger partial charge is 0.244 e. The van der Waals surface area contributed by atoms with Crippen molar-refractivity contribution in [1.29, 1.82) is 0 Å². The predicted molar refractivity (Wildman–Crippen MR) is 125 cm³/mol. The number of thioether (sulfide) groups is 1. The minimum absolute atomic E-state index is 0.121. The molecule has 3 aromatic rings. The van der Waals surface area contributed by atoms with Gasteiger partial charge in [-0.1, -0.05) is 48.2 Å². The summed E-state index contributed by atoms with van der Waals surface area (Å²) in [5.74, 6) is 0.0566. The summed E-state index contributed by atoms with van der Waals surface area (Å²) in [5, 5.41) is 5.67. The average molecular weight is 490 g/mol. The Hall–Kier alpha value is -2.24. The Morgan fingerprint density at radius 2 is 1.91 bits per heavy atom. The molecule has 0 aliphatic carbocycles. The van der Waals surface area contributed by atoms with Gasteiger partial charge in [0.2, 0.25) is 15.9 Å². The maximum absolute atomic E-state index is 12.7. The van der Waals surface area contributed by atoms with Crippen LogP contribution in [-0.2, 0) is 19.6 Å². The molecule has 0 bridgehead atoms. The summed E-state index contributed by atoms with van der Waals surface area (Å²) in [6.07, 6.45) is 1.35. The van der Waals surface area contributed by atoms with Crippen LogP contribution in [-0.4, -0.2) is 55.7 Å². The number of hydrogen-bond acceptors (Lipinski definition) is 7. The third-order valence-electron chi connectivity index (χ3n) is 4.93. The first-order valence-electron chi connectivity index (χ1n) is 10.1. The first kappa shape index (κ1) is 22.9. The van der Waals surface area contributed by atoms with Crippen molar-refractivity contribution >= 4 is 39.0 Å². The van der Waals surface area contributed by atoms with E-state index in [0.29, 0.717) is 31.3 Å². The van der Waals surface area contributed by atoms with Crippen LogP contribution in [0.2, 0.25) is 0 Å². The molecule has 0 unspecified atom stereocenters. The van der Waals surface area contributed by atoms with Gasteiger partial charge in [-0.25, -0.2) is 13.4 Å². The number of nitrogens with zero attached hydrogens (tertiary/aromatic N) is 2. The molecule has 32 heavy (non-hydrogen) atoms. The van der Waals surface area contributed by atoms with Crippen LogP contribution in [0.25, 0.3) is 0 Å². The Labute approximate surface area is 195 Å². The maximum Gasteiger partial charge on any atom is 0.244 e. The van der Waals surface area contributed by atoms with E-state index in [1.54, 1.807) is 17.4 Å². The minimum Gasteiger partial charge on any atom is -0.379 e. The van der Waals surface area contributed by atoms with Crippen molar-refractivity contribution in [3.8, 4) is 0 Å². The van der Waals surface area contributed by atoms with Crippen LogP contribution >= 0.6 is 23.1 Å². The van der Waals surface area contributed by atoms with E-state index in [1.165, 1.54) is 28.3 Å². The summed E-state index contributed by atoms with van der Waals surface area (Å²) < 4.78 is 32.0. The van der Waals surface area contributed by atoms with E-state index in [0.717, 1.165) is 10.4 Å². The molecule has 4 rings (SSSR count). The number of carbonyl (C=O) groups excluding carboxylic acids is 1. The van der Waals surface area contributed by atoms with Gasteiger partial charge in [0.25, 0.3) is 0 Å². The molecule has 3 heterocycles. The van der Waals surface area contributed by atoms with E-state index in [-0.39, 0.29) is 22.6 Å². The molecule has 7 nitrogen and oxygen atoms in total. The van der Waals surface area contributed by atoms with Crippen LogP contribution in [0.4, 0.5) is 0 Å². The van der Waals surface area contributed by atoms with Gasteiger partial charge in [-0.3, -0.25) is 4.79 Å². The van der Waals surface area contributed by atoms with Gasteiger partial charge >= 0.3 is 0 Å². The molecule has 0 spiro atoms. The second-order valence-corrected chi connectivity index (χ2v) is 11.0. The van der Waals surface area contributed by atoms with Crippen molar-refractivity contribution in [2.45, 2.75) is 16.0 Å². The van der Waals surface area contributed by atoms with Gasteiger partial charge in [0, 0.05) is 24.2 Å². The van der Waals surface area contributed by atoms with Crippen LogP contribution in [0.5, 0.6) is 0 Å². The van der Waals surface area contributed by atoms with Crippen molar-refractivity contribution in [1.82, 2.24) is 14.6 Å². The van der Waals surface area contributed by atoms with Gasteiger partial charge < -0.3 is 10.1 Å². The molecule has 1 aliphatic heterocycles. The molecule has 1 fully saturated rings. The lowest BCUT2D eigenvalue weighted by atomic mass is 10.1. The Bertz CT molecular complexity index is 1110. The first-order valence-corrected chi connectivity index (χ1v) is 13.4. The number of amides is 1. The van der Waals surface area contributed by atoms with Crippen molar-refractivity contribution in [2.24, 2.45) is 0 Å². The number of morpholine rings is 1. The zero-order valence-corrected chi connectivity index (χ0v) is 19.7. The van der Waals surface area contributed by atoms with Gasteiger partial charge in [0.15, 0.2) is 0 Å². The third kappa shape index (κ3) is 5.57. The molecule has 1 amide bonds. The Balaban J connectivity index is 1.37. The molecule has 1 atom stereocenters. The summed E-state index contributed by atoms with van der Waals surface area (Å²) in [4.78, 5) is 18.1. The molecular weight excluding hydrogens is 466 g/mol. The molecule has 0 radical (unpaired) electrons. The number of aromatic nitrogens is 1. The summed E-state index contributed by atoms with van der Waals surface area (Å²) in [5.41, 5.74) is 1.02. The molecule has 168 valence electrons. The molecule has 1 N–H and O–H groups in total. The molecular formula is C22H23N3O4S3. The topological polar surface area (TPSA) is 88.6 Å². The van der Waals surface area contributed by atoms with E-state index < -0.39 is 10.0 Å². The summed E-state index contributed by atoms with van der Waals surface area (Å²) in [6, 6.07) is 16.8. The summed E-state index contributed by atoms with van der Waals surface area (Å²) in [7, 11) is -3.58.